The normalized spacial score (nSPS) is 10.7. The van der Waals surface area contributed by atoms with Gasteiger partial charge in [0.1, 0.15) is 11.5 Å². The van der Waals surface area contributed by atoms with Crippen molar-refractivity contribution in [2.75, 3.05) is 39.0 Å². The predicted octanol–water partition coefficient (Wildman–Crippen LogP) is 1.56. The molecule has 0 unspecified atom stereocenters. The molecule has 1 amide bonds. The second kappa shape index (κ2) is 8.93. The van der Waals surface area contributed by atoms with E-state index in [0.29, 0.717) is 31.0 Å². The number of amides is 1. The van der Waals surface area contributed by atoms with E-state index in [1.165, 1.54) is 12.3 Å². The molecule has 2 rings (SSSR count). The molecule has 2 N–H and O–H groups in total. The summed E-state index contributed by atoms with van der Waals surface area (Å²) in [6.07, 6.45) is 1.97. The number of anilines is 1. The molecule has 0 radical (unpaired) electrons. The summed E-state index contributed by atoms with van der Waals surface area (Å²) >= 11 is 0. The lowest BCUT2D eigenvalue weighted by atomic mass is 10.1. The van der Waals surface area contributed by atoms with E-state index in [1.807, 2.05) is 19.0 Å². The number of benzene rings is 1. The number of likely N-dealkylation sites (N-methyl/N-ethyl adjacent to an activating group) is 1. The summed E-state index contributed by atoms with van der Waals surface area (Å²) in [6.45, 7) is 1.86. The van der Waals surface area contributed by atoms with Crippen LogP contribution in [0.2, 0.25) is 0 Å². The van der Waals surface area contributed by atoms with Gasteiger partial charge in [-0.15, -0.1) is 0 Å². The number of hydrogen-bond donors (Lipinski definition) is 2. The molecule has 128 valence electrons. The van der Waals surface area contributed by atoms with Crippen molar-refractivity contribution in [2.45, 2.75) is 6.42 Å². The Balaban J connectivity index is 1.84. The van der Waals surface area contributed by atoms with Gasteiger partial charge in [0.2, 0.25) is 5.95 Å². The van der Waals surface area contributed by atoms with Gasteiger partial charge in [0.25, 0.3) is 5.91 Å². The van der Waals surface area contributed by atoms with Crippen molar-refractivity contribution in [3.05, 3.63) is 53.6 Å². The SMILES string of the molecule is CN(C)CCNc1nccc(C(=O)NCCc2ccccc2F)n1. The van der Waals surface area contributed by atoms with E-state index in [-0.39, 0.29) is 17.4 Å². The Morgan fingerprint density at radius 1 is 1.21 bits per heavy atom. The number of carbonyl (C=O) groups excluding carboxylic acids is 1. The van der Waals surface area contributed by atoms with Gasteiger partial charge in [0.05, 0.1) is 0 Å². The molecule has 0 saturated carbocycles. The van der Waals surface area contributed by atoms with E-state index >= 15 is 0 Å². The molecule has 7 heteroatoms. The Hall–Kier alpha value is -2.54. The summed E-state index contributed by atoms with van der Waals surface area (Å²) in [5.74, 6) is -0.149. The fourth-order valence-electron chi connectivity index (χ4n) is 2.06. The molecule has 0 spiro atoms. The summed E-state index contributed by atoms with van der Waals surface area (Å²) in [6, 6.07) is 8.08. The van der Waals surface area contributed by atoms with Crippen LogP contribution < -0.4 is 10.6 Å². The minimum atomic E-state index is -0.301. The first kappa shape index (κ1) is 17.8. The van der Waals surface area contributed by atoms with Gasteiger partial charge < -0.3 is 15.5 Å². The van der Waals surface area contributed by atoms with Crippen LogP contribution >= 0.6 is 0 Å². The Kier molecular flexibility index (Phi) is 6.62. The third kappa shape index (κ3) is 5.58. The summed E-state index contributed by atoms with van der Waals surface area (Å²) in [4.78, 5) is 22.4. The lowest BCUT2D eigenvalue weighted by molar-refractivity contribution is 0.0949. The molecular formula is C17H22FN5O. The van der Waals surface area contributed by atoms with Gasteiger partial charge in [0, 0.05) is 25.8 Å². The third-order valence-electron chi connectivity index (χ3n) is 3.37. The zero-order valence-corrected chi connectivity index (χ0v) is 13.9. The van der Waals surface area contributed by atoms with E-state index in [4.69, 9.17) is 0 Å². The molecule has 6 nitrogen and oxygen atoms in total. The highest BCUT2D eigenvalue weighted by molar-refractivity contribution is 5.92. The van der Waals surface area contributed by atoms with Crippen LogP contribution in [-0.4, -0.2) is 54.5 Å². The van der Waals surface area contributed by atoms with Crippen LogP contribution in [0, 0.1) is 5.82 Å². The maximum Gasteiger partial charge on any atom is 0.270 e. The minimum Gasteiger partial charge on any atom is -0.353 e. The average molecular weight is 331 g/mol. The Morgan fingerprint density at radius 2 is 2.00 bits per heavy atom. The molecule has 2 aromatic rings. The molecule has 0 aliphatic heterocycles. The van der Waals surface area contributed by atoms with Gasteiger partial charge >= 0.3 is 0 Å². The van der Waals surface area contributed by atoms with Crippen molar-refractivity contribution in [3.63, 3.8) is 0 Å². The quantitative estimate of drug-likeness (QED) is 0.768. The summed E-state index contributed by atoms with van der Waals surface area (Å²) in [5, 5.41) is 5.81. The number of rotatable bonds is 8. The molecule has 0 aliphatic rings. The fourth-order valence-corrected chi connectivity index (χ4v) is 2.06. The largest absolute Gasteiger partial charge is 0.353 e. The maximum atomic E-state index is 13.5. The molecule has 24 heavy (non-hydrogen) atoms. The molecule has 0 fully saturated rings. The Labute approximate surface area is 141 Å². The van der Waals surface area contributed by atoms with Gasteiger partial charge in [-0.3, -0.25) is 4.79 Å². The number of carbonyl (C=O) groups is 1. The molecule has 0 bridgehead atoms. The zero-order valence-electron chi connectivity index (χ0n) is 13.9. The zero-order chi connectivity index (χ0) is 17.4. The lowest BCUT2D eigenvalue weighted by Gasteiger charge is -2.10. The lowest BCUT2D eigenvalue weighted by Crippen LogP contribution is -2.27. The van der Waals surface area contributed by atoms with Crippen molar-refractivity contribution in [1.29, 1.82) is 0 Å². The van der Waals surface area contributed by atoms with Gasteiger partial charge in [0.15, 0.2) is 0 Å². The second-order valence-corrected chi connectivity index (χ2v) is 5.59. The maximum absolute atomic E-state index is 13.5. The summed E-state index contributed by atoms with van der Waals surface area (Å²) < 4.78 is 13.5. The van der Waals surface area contributed by atoms with Crippen LogP contribution in [0.3, 0.4) is 0 Å². The van der Waals surface area contributed by atoms with E-state index in [9.17, 15) is 9.18 Å². The van der Waals surface area contributed by atoms with E-state index in [2.05, 4.69) is 20.6 Å². The van der Waals surface area contributed by atoms with Crippen LogP contribution in [0.4, 0.5) is 10.3 Å². The number of nitrogens with one attached hydrogen (secondary N) is 2. The molecule has 0 aliphatic carbocycles. The number of hydrogen-bond acceptors (Lipinski definition) is 5. The molecule has 0 atom stereocenters. The molecule has 0 saturated heterocycles. The summed E-state index contributed by atoms with van der Waals surface area (Å²) in [7, 11) is 3.95. The highest BCUT2D eigenvalue weighted by Gasteiger charge is 2.09. The Bertz CT molecular complexity index is 678. The van der Waals surface area contributed by atoms with Crippen LogP contribution in [0.5, 0.6) is 0 Å². The van der Waals surface area contributed by atoms with Gasteiger partial charge in [-0.1, -0.05) is 18.2 Å². The van der Waals surface area contributed by atoms with Crippen molar-refractivity contribution in [2.24, 2.45) is 0 Å². The van der Waals surface area contributed by atoms with E-state index < -0.39 is 0 Å². The Morgan fingerprint density at radius 3 is 2.75 bits per heavy atom. The second-order valence-electron chi connectivity index (χ2n) is 5.59. The first-order chi connectivity index (χ1) is 11.6. The van der Waals surface area contributed by atoms with E-state index in [1.54, 1.807) is 24.3 Å². The standard InChI is InChI=1S/C17H22FN5O/c1-23(2)12-11-21-17-20-10-8-15(22-17)16(24)19-9-7-13-5-3-4-6-14(13)18/h3-6,8,10H,7,9,11-12H2,1-2H3,(H,19,24)(H,20,21,22). The monoisotopic (exact) mass is 331 g/mol. The number of aromatic nitrogens is 2. The smallest absolute Gasteiger partial charge is 0.270 e. The molecule has 1 aromatic heterocycles. The predicted molar refractivity (Wildman–Crippen MR) is 91.5 cm³/mol. The van der Waals surface area contributed by atoms with Crippen molar-refractivity contribution >= 4 is 11.9 Å². The highest BCUT2D eigenvalue weighted by atomic mass is 19.1. The first-order valence-corrected chi connectivity index (χ1v) is 7.79. The topological polar surface area (TPSA) is 70.2 Å². The minimum absolute atomic E-state index is 0.263. The van der Waals surface area contributed by atoms with E-state index in [0.717, 1.165) is 6.54 Å². The first-order valence-electron chi connectivity index (χ1n) is 7.79. The third-order valence-corrected chi connectivity index (χ3v) is 3.37. The fraction of sp³-hybridized carbons (Fsp3) is 0.353. The van der Waals surface area contributed by atoms with Gasteiger partial charge in [-0.05, 0) is 38.2 Å². The van der Waals surface area contributed by atoms with Crippen LogP contribution in [0.1, 0.15) is 16.1 Å². The van der Waals surface area contributed by atoms with Crippen molar-refractivity contribution in [3.8, 4) is 0 Å². The van der Waals surface area contributed by atoms with Gasteiger partial charge in [-0.2, -0.15) is 0 Å². The van der Waals surface area contributed by atoms with Crippen LogP contribution in [0.15, 0.2) is 36.5 Å². The average Bonchev–Trinajstić information content (AvgIpc) is 2.56. The molecule has 1 heterocycles. The van der Waals surface area contributed by atoms with Crippen molar-refractivity contribution < 1.29 is 9.18 Å². The van der Waals surface area contributed by atoms with Crippen LogP contribution in [0.25, 0.3) is 0 Å². The van der Waals surface area contributed by atoms with Crippen LogP contribution in [-0.2, 0) is 6.42 Å². The highest BCUT2D eigenvalue weighted by Crippen LogP contribution is 2.06. The number of nitrogens with zero attached hydrogens (tertiary/aromatic N) is 3. The molecule has 1 aromatic carbocycles. The summed E-state index contributed by atoms with van der Waals surface area (Å²) in [5.41, 5.74) is 0.859. The number of halogens is 1. The van der Waals surface area contributed by atoms with Crippen molar-refractivity contribution in [1.82, 2.24) is 20.2 Å². The van der Waals surface area contributed by atoms with Gasteiger partial charge in [-0.25, -0.2) is 14.4 Å². The molecular weight excluding hydrogens is 309 g/mol.